The number of rotatable bonds is 6. The van der Waals surface area contributed by atoms with Crippen LogP contribution >= 0.6 is 11.6 Å². The highest BCUT2D eigenvalue weighted by Gasteiger charge is 2.24. The number of aromatic amines is 1. The monoisotopic (exact) mass is 378 g/mol. The Kier molecular flexibility index (Phi) is 6.00. The second kappa shape index (κ2) is 8.42. The van der Waals surface area contributed by atoms with Crippen LogP contribution in [0.15, 0.2) is 24.3 Å². The standard InChI is InChI=1S/C18H23ClN4O3/c1-3-12-10-23(7-6-20-12)18(24)16-8-13(21-22-16)11-26-17-5-4-14(25-2)9-15(17)19/h4-5,8-9,12,20H,3,6-7,10-11H2,1-2H3,(H,21,22)/t12-/m1/s1. The third-order valence-electron chi connectivity index (χ3n) is 4.41. The van der Waals surface area contributed by atoms with E-state index in [1.54, 1.807) is 31.4 Å². The Morgan fingerprint density at radius 3 is 3.00 bits per heavy atom. The molecule has 26 heavy (non-hydrogen) atoms. The Balaban J connectivity index is 1.60. The van der Waals surface area contributed by atoms with E-state index in [2.05, 4.69) is 22.4 Å². The molecule has 8 heteroatoms. The molecule has 0 spiro atoms. The van der Waals surface area contributed by atoms with Crippen molar-refractivity contribution < 1.29 is 14.3 Å². The highest BCUT2D eigenvalue weighted by atomic mass is 35.5. The number of nitrogens with zero attached hydrogens (tertiary/aromatic N) is 2. The van der Waals surface area contributed by atoms with Crippen LogP contribution in [0.1, 0.15) is 29.5 Å². The summed E-state index contributed by atoms with van der Waals surface area (Å²) in [6.07, 6.45) is 0.992. The van der Waals surface area contributed by atoms with Crippen molar-refractivity contribution in [2.45, 2.75) is 26.0 Å². The molecule has 2 heterocycles. The number of carbonyl (C=O) groups excluding carboxylic acids is 1. The molecule has 1 aliphatic heterocycles. The van der Waals surface area contributed by atoms with E-state index >= 15 is 0 Å². The van der Waals surface area contributed by atoms with Gasteiger partial charge in [0.2, 0.25) is 0 Å². The van der Waals surface area contributed by atoms with Crippen LogP contribution in [0.4, 0.5) is 0 Å². The van der Waals surface area contributed by atoms with Crippen molar-refractivity contribution in [2.75, 3.05) is 26.7 Å². The van der Waals surface area contributed by atoms with Crippen LogP contribution in [-0.4, -0.2) is 53.8 Å². The van der Waals surface area contributed by atoms with Crippen molar-refractivity contribution in [3.63, 3.8) is 0 Å². The van der Waals surface area contributed by atoms with Crippen molar-refractivity contribution >= 4 is 17.5 Å². The third kappa shape index (κ3) is 4.28. The van der Waals surface area contributed by atoms with Gasteiger partial charge in [-0.2, -0.15) is 5.10 Å². The van der Waals surface area contributed by atoms with Gasteiger partial charge in [-0.3, -0.25) is 9.89 Å². The number of nitrogens with one attached hydrogen (secondary N) is 2. The number of H-pyrrole nitrogens is 1. The Morgan fingerprint density at radius 1 is 1.42 bits per heavy atom. The predicted octanol–water partition coefficient (Wildman–Crippen LogP) is 2.47. The smallest absolute Gasteiger partial charge is 0.274 e. The highest BCUT2D eigenvalue weighted by Crippen LogP contribution is 2.29. The zero-order chi connectivity index (χ0) is 18.5. The van der Waals surface area contributed by atoms with E-state index in [4.69, 9.17) is 21.1 Å². The van der Waals surface area contributed by atoms with Gasteiger partial charge in [-0.1, -0.05) is 18.5 Å². The minimum atomic E-state index is -0.0603. The van der Waals surface area contributed by atoms with Crippen LogP contribution in [0.3, 0.4) is 0 Å². The van der Waals surface area contributed by atoms with E-state index < -0.39 is 0 Å². The van der Waals surface area contributed by atoms with Gasteiger partial charge in [0.25, 0.3) is 5.91 Å². The molecule has 1 aromatic heterocycles. The molecule has 2 N–H and O–H groups in total. The van der Waals surface area contributed by atoms with Crippen LogP contribution in [0.25, 0.3) is 0 Å². The van der Waals surface area contributed by atoms with Gasteiger partial charge in [0.05, 0.1) is 17.8 Å². The predicted molar refractivity (Wildman–Crippen MR) is 98.9 cm³/mol. The molecule has 0 aliphatic carbocycles. The Hall–Kier alpha value is -2.25. The summed E-state index contributed by atoms with van der Waals surface area (Å²) in [7, 11) is 1.58. The van der Waals surface area contributed by atoms with Gasteiger partial charge in [-0.05, 0) is 24.6 Å². The van der Waals surface area contributed by atoms with Crippen molar-refractivity contribution in [1.82, 2.24) is 20.4 Å². The SMILES string of the molecule is CC[C@@H]1CN(C(=O)c2cc(COc3ccc(OC)cc3Cl)[nH]n2)CCN1. The van der Waals surface area contributed by atoms with Crippen molar-refractivity contribution in [1.29, 1.82) is 0 Å². The first kappa shape index (κ1) is 18.5. The third-order valence-corrected chi connectivity index (χ3v) is 4.70. The minimum absolute atomic E-state index is 0.0603. The lowest BCUT2D eigenvalue weighted by Crippen LogP contribution is -2.52. The normalized spacial score (nSPS) is 17.2. The first-order valence-electron chi connectivity index (χ1n) is 8.64. The maximum Gasteiger partial charge on any atom is 0.274 e. The molecular formula is C18H23ClN4O3. The van der Waals surface area contributed by atoms with Gasteiger partial charge in [0.15, 0.2) is 5.69 Å². The van der Waals surface area contributed by atoms with Gasteiger partial charge in [-0.15, -0.1) is 0 Å². The van der Waals surface area contributed by atoms with E-state index in [0.717, 1.165) is 13.0 Å². The van der Waals surface area contributed by atoms with Gasteiger partial charge in [0.1, 0.15) is 18.1 Å². The Bertz CT molecular complexity index is 765. The molecule has 1 amide bonds. The molecule has 1 fully saturated rings. The van der Waals surface area contributed by atoms with Crippen LogP contribution in [-0.2, 0) is 6.61 Å². The number of halogens is 1. The largest absolute Gasteiger partial charge is 0.497 e. The fourth-order valence-corrected chi connectivity index (χ4v) is 3.10. The summed E-state index contributed by atoms with van der Waals surface area (Å²) in [5.41, 5.74) is 1.11. The molecule has 1 aromatic carbocycles. The second-order valence-electron chi connectivity index (χ2n) is 6.17. The summed E-state index contributed by atoms with van der Waals surface area (Å²) < 4.78 is 10.8. The first-order chi connectivity index (χ1) is 12.6. The fourth-order valence-electron chi connectivity index (χ4n) is 2.87. The second-order valence-corrected chi connectivity index (χ2v) is 6.58. The average molecular weight is 379 g/mol. The van der Waals surface area contributed by atoms with E-state index in [1.807, 2.05) is 4.90 Å². The van der Waals surface area contributed by atoms with E-state index in [-0.39, 0.29) is 12.5 Å². The molecular weight excluding hydrogens is 356 g/mol. The van der Waals surface area contributed by atoms with Crippen LogP contribution in [0.2, 0.25) is 5.02 Å². The number of ether oxygens (including phenoxy) is 2. The summed E-state index contributed by atoms with van der Waals surface area (Å²) in [5, 5.41) is 10.9. The van der Waals surface area contributed by atoms with Crippen LogP contribution < -0.4 is 14.8 Å². The number of benzene rings is 1. The summed E-state index contributed by atoms with van der Waals surface area (Å²) in [6, 6.07) is 7.27. The molecule has 1 atom stereocenters. The van der Waals surface area contributed by atoms with E-state index in [9.17, 15) is 4.79 Å². The highest BCUT2D eigenvalue weighted by molar-refractivity contribution is 6.32. The molecule has 140 valence electrons. The minimum Gasteiger partial charge on any atom is -0.497 e. The molecule has 1 saturated heterocycles. The molecule has 0 unspecified atom stereocenters. The van der Waals surface area contributed by atoms with Crippen LogP contribution in [0, 0.1) is 0 Å². The van der Waals surface area contributed by atoms with Crippen molar-refractivity contribution in [3.05, 3.63) is 40.7 Å². The number of methoxy groups -OCH3 is 1. The van der Waals surface area contributed by atoms with Gasteiger partial charge >= 0.3 is 0 Å². The zero-order valence-corrected chi connectivity index (χ0v) is 15.7. The van der Waals surface area contributed by atoms with Crippen LogP contribution in [0.5, 0.6) is 11.5 Å². The maximum atomic E-state index is 12.6. The molecule has 0 radical (unpaired) electrons. The quantitative estimate of drug-likeness (QED) is 0.807. The number of hydrogen-bond acceptors (Lipinski definition) is 5. The first-order valence-corrected chi connectivity index (χ1v) is 9.01. The maximum absolute atomic E-state index is 12.6. The molecule has 0 bridgehead atoms. The number of hydrogen-bond donors (Lipinski definition) is 2. The van der Waals surface area contributed by atoms with E-state index in [0.29, 0.717) is 47.0 Å². The zero-order valence-electron chi connectivity index (χ0n) is 14.9. The Morgan fingerprint density at radius 2 is 2.27 bits per heavy atom. The van der Waals surface area contributed by atoms with E-state index in [1.165, 1.54) is 0 Å². The summed E-state index contributed by atoms with van der Waals surface area (Å²) in [5.74, 6) is 1.15. The van der Waals surface area contributed by atoms with Gasteiger partial charge in [0, 0.05) is 31.7 Å². The molecule has 1 aliphatic rings. The summed E-state index contributed by atoms with van der Waals surface area (Å²) in [6.45, 7) is 4.55. The lowest BCUT2D eigenvalue weighted by Gasteiger charge is -2.32. The lowest BCUT2D eigenvalue weighted by atomic mass is 10.1. The lowest BCUT2D eigenvalue weighted by molar-refractivity contribution is 0.0695. The van der Waals surface area contributed by atoms with Crippen molar-refractivity contribution in [2.24, 2.45) is 0 Å². The van der Waals surface area contributed by atoms with Gasteiger partial charge in [-0.25, -0.2) is 0 Å². The Labute approximate surface area is 157 Å². The summed E-state index contributed by atoms with van der Waals surface area (Å²) >= 11 is 6.16. The number of amides is 1. The average Bonchev–Trinajstić information content (AvgIpc) is 3.15. The van der Waals surface area contributed by atoms with Crippen molar-refractivity contribution in [3.8, 4) is 11.5 Å². The number of carbonyl (C=O) groups is 1. The topological polar surface area (TPSA) is 79.5 Å². The molecule has 7 nitrogen and oxygen atoms in total. The number of aromatic nitrogens is 2. The fraction of sp³-hybridized carbons (Fsp3) is 0.444. The number of piperazine rings is 1. The summed E-state index contributed by atoms with van der Waals surface area (Å²) in [4.78, 5) is 14.5. The molecule has 3 rings (SSSR count). The molecule has 2 aromatic rings. The molecule has 0 saturated carbocycles. The van der Waals surface area contributed by atoms with Gasteiger partial charge < -0.3 is 19.7 Å².